The lowest BCUT2D eigenvalue weighted by Gasteiger charge is -2.36. The van der Waals surface area contributed by atoms with Gasteiger partial charge < -0.3 is 9.47 Å². The lowest BCUT2D eigenvalue weighted by Crippen LogP contribution is -2.44. The van der Waals surface area contributed by atoms with Crippen LogP contribution in [0.25, 0.3) is 0 Å². The molecule has 0 spiro atoms. The van der Waals surface area contributed by atoms with Crippen LogP contribution in [0.1, 0.15) is 49.2 Å². The van der Waals surface area contributed by atoms with E-state index in [0.29, 0.717) is 18.4 Å². The zero-order chi connectivity index (χ0) is 16.8. The Kier molecular flexibility index (Phi) is 6.07. The van der Waals surface area contributed by atoms with Crippen LogP contribution < -0.4 is 0 Å². The van der Waals surface area contributed by atoms with Gasteiger partial charge in [0, 0.05) is 49.7 Å². The highest BCUT2D eigenvalue weighted by Crippen LogP contribution is 2.23. The highest BCUT2D eigenvalue weighted by atomic mass is 32.1. The molecule has 0 bridgehead atoms. The molecule has 5 heteroatoms. The number of nitrogens with zero attached hydrogens (tertiary/aromatic N) is 3. The van der Waals surface area contributed by atoms with E-state index in [1.165, 1.54) is 11.3 Å². The van der Waals surface area contributed by atoms with Crippen LogP contribution in [-0.4, -0.2) is 32.9 Å². The first-order valence-corrected chi connectivity index (χ1v) is 9.90. The van der Waals surface area contributed by atoms with Crippen LogP contribution in [0.15, 0.2) is 29.9 Å². The van der Waals surface area contributed by atoms with Gasteiger partial charge in [0.25, 0.3) is 0 Å². The molecule has 4 nitrogen and oxygen atoms in total. The van der Waals surface area contributed by atoms with Crippen LogP contribution >= 0.6 is 11.3 Å². The molecule has 3 heterocycles. The van der Waals surface area contributed by atoms with Crippen molar-refractivity contribution in [3.05, 3.63) is 40.6 Å². The van der Waals surface area contributed by atoms with E-state index in [9.17, 15) is 4.79 Å². The van der Waals surface area contributed by atoms with E-state index < -0.39 is 0 Å². The minimum absolute atomic E-state index is 0.344. The molecule has 3 rings (SSSR count). The molecule has 0 radical (unpaired) electrons. The molecule has 1 saturated heterocycles. The summed E-state index contributed by atoms with van der Waals surface area (Å²) in [4.78, 5) is 20.6. The van der Waals surface area contributed by atoms with Gasteiger partial charge in [-0.2, -0.15) is 0 Å². The zero-order valence-corrected chi connectivity index (χ0v) is 15.3. The molecule has 1 amide bonds. The number of carbonyl (C=O) groups excluding carboxylic acids is 1. The summed E-state index contributed by atoms with van der Waals surface area (Å²) in [5.41, 5.74) is 0. The number of hydrogen-bond acceptors (Lipinski definition) is 3. The molecule has 1 aliphatic rings. The highest BCUT2D eigenvalue weighted by Gasteiger charge is 2.26. The second-order valence-corrected chi connectivity index (χ2v) is 7.69. The topological polar surface area (TPSA) is 38.1 Å². The molecule has 0 unspecified atom stereocenters. The Morgan fingerprint density at radius 3 is 3.04 bits per heavy atom. The predicted octanol–water partition coefficient (Wildman–Crippen LogP) is 3.82. The zero-order valence-electron chi connectivity index (χ0n) is 14.5. The molecule has 0 aliphatic carbocycles. The summed E-state index contributed by atoms with van der Waals surface area (Å²) in [5, 5.41) is 2.11. The standard InChI is InChI=1S/C19H27N3OS/c1-21-14-12-20-18(21)11-10-16-6-2-3-13-22(16)19(23)9-4-7-17-8-5-15-24-17/h5,8,12,14-16H,2-4,6-7,9-11,13H2,1H3/t16-/m1/s1. The van der Waals surface area contributed by atoms with E-state index in [-0.39, 0.29) is 0 Å². The molecule has 24 heavy (non-hydrogen) atoms. The number of piperidine rings is 1. The Labute approximate surface area is 148 Å². The van der Waals surface area contributed by atoms with Crippen molar-refractivity contribution in [1.29, 1.82) is 0 Å². The number of carbonyl (C=O) groups is 1. The van der Waals surface area contributed by atoms with Crippen molar-refractivity contribution in [2.75, 3.05) is 6.54 Å². The quantitative estimate of drug-likeness (QED) is 0.765. The molecule has 0 saturated carbocycles. The first-order chi connectivity index (χ1) is 11.7. The van der Waals surface area contributed by atoms with Gasteiger partial charge in [-0.15, -0.1) is 11.3 Å². The van der Waals surface area contributed by atoms with Crippen LogP contribution in [-0.2, 0) is 24.7 Å². The van der Waals surface area contributed by atoms with Crippen molar-refractivity contribution in [2.24, 2.45) is 7.05 Å². The number of imidazole rings is 1. The lowest BCUT2D eigenvalue weighted by molar-refractivity contribution is -0.135. The molecular weight excluding hydrogens is 318 g/mol. The summed E-state index contributed by atoms with van der Waals surface area (Å²) in [6.07, 6.45) is 12.0. The summed E-state index contributed by atoms with van der Waals surface area (Å²) in [5.74, 6) is 1.46. The van der Waals surface area contributed by atoms with Gasteiger partial charge in [0.15, 0.2) is 0 Å². The third-order valence-corrected chi connectivity index (χ3v) is 5.90. The van der Waals surface area contributed by atoms with Crippen molar-refractivity contribution in [2.45, 2.75) is 57.4 Å². The molecule has 1 aliphatic heterocycles. The predicted molar refractivity (Wildman–Crippen MR) is 98.1 cm³/mol. The Morgan fingerprint density at radius 2 is 2.29 bits per heavy atom. The van der Waals surface area contributed by atoms with E-state index in [4.69, 9.17) is 0 Å². The Morgan fingerprint density at radius 1 is 1.38 bits per heavy atom. The number of rotatable bonds is 7. The van der Waals surface area contributed by atoms with Gasteiger partial charge in [-0.1, -0.05) is 6.07 Å². The normalized spacial score (nSPS) is 18.0. The van der Waals surface area contributed by atoms with Crippen molar-refractivity contribution in [1.82, 2.24) is 14.5 Å². The molecule has 2 aromatic heterocycles. The van der Waals surface area contributed by atoms with Crippen molar-refractivity contribution >= 4 is 17.2 Å². The van der Waals surface area contributed by atoms with Crippen LogP contribution in [0, 0.1) is 0 Å². The van der Waals surface area contributed by atoms with E-state index in [2.05, 4.69) is 32.0 Å². The van der Waals surface area contributed by atoms with Gasteiger partial charge >= 0.3 is 0 Å². The molecule has 130 valence electrons. The third kappa shape index (κ3) is 4.47. The van der Waals surface area contributed by atoms with Crippen molar-refractivity contribution in [3.63, 3.8) is 0 Å². The van der Waals surface area contributed by atoms with Crippen LogP contribution in [0.2, 0.25) is 0 Å². The average Bonchev–Trinajstić information content (AvgIpc) is 3.25. The largest absolute Gasteiger partial charge is 0.340 e. The van der Waals surface area contributed by atoms with Gasteiger partial charge in [-0.25, -0.2) is 4.98 Å². The van der Waals surface area contributed by atoms with Gasteiger partial charge in [0.2, 0.25) is 5.91 Å². The maximum atomic E-state index is 12.7. The monoisotopic (exact) mass is 345 g/mol. The Bertz CT molecular complexity index is 635. The maximum absolute atomic E-state index is 12.7. The van der Waals surface area contributed by atoms with Crippen LogP contribution in [0.3, 0.4) is 0 Å². The van der Waals surface area contributed by atoms with Gasteiger partial charge in [0.05, 0.1) is 0 Å². The van der Waals surface area contributed by atoms with Gasteiger partial charge in [-0.05, 0) is 50.0 Å². The lowest BCUT2D eigenvalue weighted by atomic mass is 9.97. The van der Waals surface area contributed by atoms with E-state index in [1.807, 2.05) is 19.4 Å². The van der Waals surface area contributed by atoms with E-state index in [1.54, 1.807) is 11.3 Å². The minimum Gasteiger partial charge on any atom is -0.340 e. The first kappa shape index (κ1) is 17.2. The third-order valence-electron chi connectivity index (χ3n) is 4.96. The SMILES string of the molecule is Cn1ccnc1CC[C@H]1CCCCN1C(=O)CCCc1cccs1. The fourth-order valence-corrected chi connectivity index (χ4v) is 4.33. The number of amides is 1. The maximum Gasteiger partial charge on any atom is 0.222 e. The highest BCUT2D eigenvalue weighted by molar-refractivity contribution is 7.09. The Hall–Kier alpha value is -1.62. The summed E-state index contributed by atoms with van der Waals surface area (Å²) >= 11 is 1.78. The minimum atomic E-state index is 0.344. The number of aryl methyl sites for hydroxylation is 3. The number of likely N-dealkylation sites (tertiary alicyclic amines) is 1. The molecule has 2 aromatic rings. The number of aromatic nitrogens is 2. The molecular formula is C19H27N3OS. The second-order valence-electron chi connectivity index (χ2n) is 6.66. The molecule has 0 N–H and O–H groups in total. The smallest absolute Gasteiger partial charge is 0.222 e. The summed E-state index contributed by atoms with van der Waals surface area (Å²) in [7, 11) is 2.04. The molecule has 0 aromatic carbocycles. The fourth-order valence-electron chi connectivity index (χ4n) is 3.57. The van der Waals surface area contributed by atoms with Crippen molar-refractivity contribution < 1.29 is 4.79 Å². The van der Waals surface area contributed by atoms with Gasteiger partial charge in [0.1, 0.15) is 5.82 Å². The molecule has 1 atom stereocenters. The fraction of sp³-hybridized carbons (Fsp3) is 0.579. The average molecular weight is 346 g/mol. The van der Waals surface area contributed by atoms with Crippen LogP contribution in [0.5, 0.6) is 0 Å². The number of hydrogen-bond donors (Lipinski definition) is 0. The van der Waals surface area contributed by atoms with E-state index >= 15 is 0 Å². The van der Waals surface area contributed by atoms with E-state index in [0.717, 1.165) is 50.9 Å². The van der Waals surface area contributed by atoms with Crippen molar-refractivity contribution in [3.8, 4) is 0 Å². The summed E-state index contributed by atoms with van der Waals surface area (Å²) in [6.45, 7) is 0.934. The van der Waals surface area contributed by atoms with Crippen LogP contribution in [0.4, 0.5) is 0 Å². The number of thiophene rings is 1. The van der Waals surface area contributed by atoms with Gasteiger partial charge in [-0.3, -0.25) is 4.79 Å². The summed E-state index contributed by atoms with van der Waals surface area (Å²) < 4.78 is 2.08. The Balaban J connectivity index is 1.49. The molecule has 1 fully saturated rings. The summed E-state index contributed by atoms with van der Waals surface area (Å²) in [6, 6.07) is 4.64. The first-order valence-electron chi connectivity index (χ1n) is 9.02. The second kappa shape index (κ2) is 8.47.